The number of hydrogen-bond acceptors (Lipinski definition) is 3. The Bertz CT molecular complexity index is 641. The Balaban J connectivity index is 2.01. The minimum Gasteiger partial charge on any atom is -0.467 e. The van der Waals surface area contributed by atoms with E-state index < -0.39 is 6.03 Å². The molecule has 1 aromatic carbocycles. The van der Waals surface area contributed by atoms with E-state index in [2.05, 4.69) is 16.0 Å². The van der Waals surface area contributed by atoms with Crippen LogP contribution in [0.25, 0.3) is 0 Å². The summed E-state index contributed by atoms with van der Waals surface area (Å²) in [5.41, 5.74) is 0.762. The highest BCUT2D eigenvalue weighted by molar-refractivity contribution is 6.33. The third kappa shape index (κ3) is 4.00. The molecule has 0 aliphatic carbocycles. The lowest BCUT2D eigenvalue weighted by Crippen LogP contribution is -2.28. The summed E-state index contributed by atoms with van der Waals surface area (Å²) >= 11 is 6.00. The van der Waals surface area contributed by atoms with Crippen LogP contribution in [0.3, 0.4) is 0 Å². The second kappa shape index (κ2) is 6.81. The van der Waals surface area contributed by atoms with Gasteiger partial charge in [0.25, 0.3) is 5.91 Å². The first-order chi connectivity index (χ1) is 10.1. The Morgan fingerprint density at radius 2 is 2.10 bits per heavy atom. The molecule has 3 N–H and O–H groups in total. The lowest BCUT2D eigenvalue weighted by atomic mass is 10.2. The maximum atomic E-state index is 11.8. The number of benzene rings is 1. The molecule has 0 unspecified atom stereocenters. The first kappa shape index (κ1) is 14.9. The number of carbonyl (C=O) groups excluding carboxylic acids is 2. The van der Waals surface area contributed by atoms with Crippen molar-refractivity contribution in [3.63, 3.8) is 0 Å². The van der Waals surface area contributed by atoms with Gasteiger partial charge in [-0.2, -0.15) is 0 Å². The summed E-state index contributed by atoms with van der Waals surface area (Å²) in [6.45, 7) is 0.256. The molecule has 2 aromatic rings. The third-order valence-electron chi connectivity index (χ3n) is 2.71. The molecular formula is C14H14ClN3O3. The molecule has 0 saturated heterocycles. The fourth-order valence-electron chi connectivity index (χ4n) is 1.65. The van der Waals surface area contributed by atoms with E-state index in [0.717, 1.165) is 0 Å². The molecule has 7 heteroatoms. The van der Waals surface area contributed by atoms with Crippen LogP contribution >= 0.6 is 11.6 Å². The highest BCUT2D eigenvalue weighted by Gasteiger charge is 2.10. The van der Waals surface area contributed by atoms with Crippen molar-refractivity contribution in [2.45, 2.75) is 6.54 Å². The lowest BCUT2D eigenvalue weighted by Gasteiger charge is -2.09. The van der Waals surface area contributed by atoms with Crippen molar-refractivity contribution in [1.82, 2.24) is 10.6 Å². The molecule has 0 radical (unpaired) electrons. The maximum Gasteiger partial charge on any atom is 0.319 e. The number of nitrogens with one attached hydrogen (secondary N) is 3. The molecule has 0 aliphatic rings. The van der Waals surface area contributed by atoms with E-state index in [1.54, 1.807) is 24.3 Å². The molecule has 2 rings (SSSR count). The Labute approximate surface area is 126 Å². The number of halogens is 1. The van der Waals surface area contributed by atoms with Gasteiger partial charge in [-0.3, -0.25) is 4.79 Å². The molecule has 0 spiro atoms. The smallest absolute Gasteiger partial charge is 0.319 e. The second-order valence-electron chi connectivity index (χ2n) is 4.16. The standard InChI is InChI=1S/C14H14ClN3O3/c1-16-13(19)9-4-5-11(15)12(7-9)18-14(20)17-8-10-3-2-6-21-10/h2-7H,8H2,1H3,(H,16,19)(H2,17,18,20). The summed E-state index contributed by atoms with van der Waals surface area (Å²) in [5.74, 6) is 0.376. The van der Waals surface area contributed by atoms with Crippen molar-refractivity contribution < 1.29 is 14.0 Å². The quantitative estimate of drug-likeness (QED) is 0.812. The summed E-state index contributed by atoms with van der Waals surface area (Å²) in [7, 11) is 1.53. The van der Waals surface area contributed by atoms with E-state index >= 15 is 0 Å². The maximum absolute atomic E-state index is 11.8. The van der Waals surface area contributed by atoms with E-state index in [-0.39, 0.29) is 12.5 Å². The SMILES string of the molecule is CNC(=O)c1ccc(Cl)c(NC(=O)NCc2ccco2)c1. The van der Waals surface area contributed by atoms with E-state index in [4.69, 9.17) is 16.0 Å². The highest BCUT2D eigenvalue weighted by Crippen LogP contribution is 2.23. The summed E-state index contributed by atoms with van der Waals surface area (Å²) in [6, 6.07) is 7.68. The summed E-state index contributed by atoms with van der Waals surface area (Å²) < 4.78 is 5.10. The van der Waals surface area contributed by atoms with Crippen molar-refractivity contribution in [3.05, 3.63) is 52.9 Å². The van der Waals surface area contributed by atoms with Crippen LogP contribution in [-0.2, 0) is 6.54 Å². The Morgan fingerprint density at radius 3 is 2.76 bits per heavy atom. The van der Waals surface area contributed by atoms with Crippen molar-refractivity contribution in [3.8, 4) is 0 Å². The van der Waals surface area contributed by atoms with E-state index in [1.165, 1.54) is 19.4 Å². The van der Waals surface area contributed by atoms with Gasteiger partial charge in [-0.1, -0.05) is 11.6 Å². The van der Waals surface area contributed by atoms with Gasteiger partial charge in [-0.25, -0.2) is 4.79 Å². The Hall–Kier alpha value is -2.47. The van der Waals surface area contributed by atoms with Crippen molar-refractivity contribution in [1.29, 1.82) is 0 Å². The van der Waals surface area contributed by atoms with E-state index in [9.17, 15) is 9.59 Å². The first-order valence-corrected chi connectivity index (χ1v) is 6.57. The minimum absolute atomic E-state index is 0.256. The molecule has 110 valence electrons. The average molecular weight is 308 g/mol. The molecule has 0 saturated carbocycles. The molecule has 21 heavy (non-hydrogen) atoms. The van der Waals surface area contributed by atoms with E-state index in [0.29, 0.717) is 22.0 Å². The van der Waals surface area contributed by atoms with Crippen molar-refractivity contribution in [2.24, 2.45) is 0 Å². The number of anilines is 1. The van der Waals surface area contributed by atoms with Crippen LogP contribution in [0.1, 0.15) is 16.1 Å². The molecule has 0 atom stereocenters. The first-order valence-electron chi connectivity index (χ1n) is 6.19. The third-order valence-corrected chi connectivity index (χ3v) is 3.04. The molecule has 0 aliphatic heterocycles. The average Bonchev–Trinajstić information content (AvgIpc) is 3.00. The van der Waals surface area contributed by atoms with Gasteiger partial charge >= 0.3 is 6.03 Å². The molecule has 0 fully saturated rings. The zero-order chi connectivity index (χ0) is 15.2. The molecular weight excluding hydrogens is 294 g/mol. The monoisotopic (exact) mass is 307 g/mol. The molecule has 1 heterocycles. The van der Waals surface area contributed by atoms with Crippen molar-refractivity contribution in [2.75, 3.05) is 12.4 Å². The van der Waals surface area contributed by atoms with E-state index in [1.807, 2.05) is 0 Å². The van der Waals surface area contributed by atoms with Crippen LogP contribution in [0.4, 0.5) is 10.5 Å². The Morgan fingerprint density at radius 1 is 1.29 bits per heavy atom. The largest absolute Gasteiger partial charge is 0.467 e. The van der Waals surface area contributed by atoms with Gasteiger partial charge in [0.15, 0.2) is 0 Å². The zero-order valence-corrected chi connectivity index (χ0v) is 12.0. The number of hydrogen-bond donors (Lipinski definition) is 3. The normalized spacial score (nSPS) is 10.0. The van der Waals surface area contributed by atoms with Crippen LogP contribution in [0, 0.1) is 0 Å². The fourth-order valence-corrected chi connectivity index (χ4v) is 1.82. The Kier molecular flexibility index (Phi) is 4.84. The number of furan rings is 1. The second-order valence-corrected chi connectivity index (χ2v) is 4.57. The summed E-state index contributed by atoms with van der Waals surface area (Å²) in [5, 5.41) is 8.05. The van der Waals surface area contributed by atoms with Crippen LogP contribution in [0.15, 0.2) is 41.0 Å². The van der Waals surface area contributed by atoms with Gasteiger partial charge in [0.1, 0.15) is 5.76 Å². The van der Waals surface area contributed by atoms with Crippen molar-refractivity contribution >= 4 is 29.2 Å². The van der Waals surface area contributed by atoms with Gasteiger partial charge in [-0.05, 0) is 30.3 Å². The van der Waals surface area contributed by atoms with Crippen LogP contribution < -0.4 is 16.0 Å². The zero-order valence-electron chi connectivity index (χ0n) is 11.3. The van der Waals surface area contributed by atoms with Gasteiger partial charge in [-0.15, -0.1) is 0 Å². The molecule has 3 amide bonds. The van der Waals surface area contributed by atoms with Crippen LogP contribution in [-0.4, -0.2) is 19.0 Å². The van der Waals surface area contributed by atoms with Gasteiger partial charge in [0.05, 0.1) is 23.5 Å². The van der Waals surface area contributed by atoms with Crippen LogP contribution in [0.5, 0.6) is 0 Å². The lowest BCUT2D eigenvalue weighted by molar-refractivity contribution is 0.0963. The summed E-state index contributed by atoms with van der Waals surface area (Å²) in [6.07, 6.45) is 1.53. The molecule has 0 bridgehead atoms. The van der Waals surface area contributed by atoms with Gasteiger partial charge < -0.3 is 20.4 Å². The predicted molar refractivity (Wildman–Crippen MR) is 79.4 cm³/mol. The fraction of sp³-hybridized carbons (Fsp3) is 0.143. The predicted octanol–water partition coefficient (Wildman–Crippen LogP) is 2.61. The number of urea groups is 1. The van der Waals surface area contributed by atoms with Crippen LogP contribution in [0.2, 0.25) is 5.02 Å². The number of rotatable bonds is 4. The van der Waals surface area contributed by atoms with Gasteiger partial charge in [0, 0.05) is 12.6 Å². The molecule has 1 aromatic heterocycles. The topological polar surface area (TPSA) is 83.4 Å². The molecule has 6 nitrogen and oxygen atoms in total. The number of carbonyl (C=O) groups is 2. The van der Waals surface area contributed by atoms with Gasteiger partial charge in [0.2, 0.25) is 0 Å². The number of amides is 3. The minimum atomic E-state index is -0.442. The summed E-state index contributed by atoms with van der Waals surface area (Å²) in [4.78, 5) is 23.3. The highest BCUT2D eigenvalue weighted by atomic mass is 35.5.